The first-order valence-corrected chi connectivity index (χ1v) is 17.1. The van der Waals surface area contributed by atoms with Crippen LogP contribution in [0, 0.1) is 6.92 Å². The van der Waals surface area contributed by atoms with Crippen molar-refractivity contribution >= 4 is 34.3 Å². The highest BCUT2D eigenvalue weighted by Gasteiger charge is 2.50. The summed E-state index contributed by atoms with van der Waals surface area (Å²) in [5, 5.41) is 2.65. The van der Waals surface area contributed by atoms with E-state index in [0.29, 0.717) is 17.3 Å². The van der Waals surface area contributed by atoms with Crippen molar-refractivity contribution in [2.24, 2.45) is 4.99 Å². The number of aryl methyl sites for hydroxylation is 1. The van der Waals surface area contributed by atoms with Crippen molar-refractivity contribution in [1.29, 1.82) is 0 Å². The van der Waals surface area contributed by atoms with Gasteiger partial charge in [-0.25, -0.2) is 12.7 Å². The molecule has 6 heteroatoms. The fourth-order valence-electron chi connectivity index (χ4n) is 5.89. The predicted molar refractivity (Wildman–Crippen MR) is 164 cm³/mol. The van der Waals surface area contributed by atoms with E-state index in [4.69, 9.17) is 4.99 Å². The second kappa shape index (κ2) is 10.6. The van der Waals surface area contributed by atoms with Crippen LogP contribution in [-0.4, -0.2) is 39.2 Å². The lowest BCUT2D eigenvalue weighted by molar-refractivity contribution is 0.521. The van der Waals surface area contributed by atoms with Crippen LogP contribution in [0.4, 0.5) is 0 Å². The molecule has 39 heavy (non-hydrogen) atoms. The fourth-order valence-corrected chi connectivity index (χ4v) is 13.0. The van der Waals surface area contributed by atoms with Gasteiger partial charge >= 0.3 is 0 Å². The van der Waals surface area contributed by atoms with Gasteiger partial charge in [-0.2, -0.15) is 0 Å². The number of amidine groups is 1. The molecule has 5 rings (SSSR count). The highest BCUT2D eigenvalue weighted by atomic mass is 32.2. The van der Waals surface area contributed by atoms with Gasteiger partial charge in [0.15, 0.2) is 0 Å². The molecule has 4 aromatic rings. The Bertz CT molecular complexity index is 1510. The molecule has 0 saturated heterocycles. The van der Waals surface area contributed by atoms with Crippen LogP contribution in [0.5, 0.6) is 0 Å². The standard InChI is InChI=1S/C33H36N2O2SSi/c1-26-20-22-29(23-21-26)38(36,37)35-24-28(34-32(35)27-14-8-5-9-15-27)25-39(33(2,3)4,30-16-10-6-11-17-30)31-18-12-7-13-19-31/h5-23,28H,24-25H2,1-4H3. The van der Waals surface area contributed by atoms with Gasteiger partial charge in [0, 0.05) is 5.56 Å². The average Bonchev–Trinajstić information content (AvgIpc) is 3.38. The first-order chi connectivity index (χ1) is 18.6. The summed E-state index contributed by atoms with van der Waals surface area (Å²) >= 11 is 0. The van der Waals surface area contributed by atoms with Gasteiger partial charge in [-0.3, -0.25) is 4.99 Å². The number of nitrogens with zero attached hydrogens (tertiary/aromatic N) is 2. The lowest BCUT2D eigenvalue weighted by Crippen LogP contribution is -2.65. The monoisotopic (exact) mass is 552 g/mol. The largest absolute Gasteiger partial charge is 0.265 e. The maximum atomic E-state index is 14.0. The zero-order valence-electron chi connectivity index (χ0n) is 23.1. The number of aliphatic imine (C=N–C) groups is 1. The second-order valence-corrected chi connectivity index (χ2v) is 18.1. The van der Waals surface area contributed by atoms with Gasteiger partial charge in [-0.1, -0.05) is 140 Å². The predicted octanol–water partition coefficient (Wildman–Crippen LogP) is 5.88. The van der Waals surface area contributed by atoms with E-state index in [-0.39, 0.29) is 11.1 Å². The van der Waals surface area contributed by atoms with Gasteiger partial charge in [-0.15, -0.1) is 0 Å². The van der Waals surface area contributed by atoms with Crippen molar-refractivity contribution in [3.8, 4) is 0 Å². The Morgan fingerprint density at radius 2 is 1.26 bits per heavy atom. The van der Waals surface area contributed by atoms with E-state index in [9.17, 15) is 8.42 Å². The summed E-state index contributed by atoms with van der Waals surface area (Å²) in [6.07, 6.45) is 0. The molecule has 4 nitrogen and oxygen atoms in total. The molecule has 1 aliphatic rings. The minimum atomic E-state index is -3.79. The van der Waals surface area contributed by atoms with Crippen LogP contribution in [-0.2, 0) is 10.0 Å². The molecule has 0 spiro atoms. The van der Waals surface area contributed by atoms with Gasteiger partial charge in [-0.05, 0) is 30.1 Å². The summed E-state index contributed by atoms with van der Waals surface area (Å²) in [5.41, 5.74) is 1.84. The highest BCUT2D eigenvalue weighted by molar-refractivity contribution is 7.89. The van der Waals surface area contributed by atoms with Crippen LogP contribution in [0.25, 0.3) is 0 Å². The normalized spacial score (nSPS) is 16.3. The molecule has 0 N–H and O–H groups in total. The molecule has 0 aromatic heterocycles. The third-order valence-corrected chi connectivity index (χ3v) is 16.0. The Hall–Kier alpha value is -3.48. The minimum Gasteiger partial charge on any atom is -0.262 e. The van der Waals surface area contributed by atoms with E-state index in [1.54, 1.807) is 12.1 Å². The molecule has 0 saturated carbocycles. The van der Waals surface area contributed by atoms with Gasteiger partial charge < -0.3 is 0 Å². The van der Waals surface area contributed by atoms with E-state index < -0.39 is 18.1 Å². The number of rotatable bonds is 7. The Morgan fingerprint density at radius 3 is 1.74 bits per heavy atom. The van der Waals surface area contributed by atoms with Gasteiger partial charge in [0.1, 0.15) is 13.9 Å². The van der Waals surface area contributed by atoms with Crippen molar-refractivity contribution in [2.75, 3.05) is 6.54 Å². The zero-order valence-corrected chi connectivity index (χ0v) is 24.9. The van der Waals surface area contributed by atoms with Crippen molar-refractivity contribution in [3.63, 3.8) is 0 Å². The molecular weight excluding hydrogens is 517 g/mol. The average molecular weight is 553 g/mol. The molecule has 0 bridgehead atoms. The van der Waals surface area contributed by atoms with Crippen LogP contribution in [0.15, 0.2) is 125 Å². The van der Waals surface area contributed by atoms with Crippen LogP contribution < -0.4 is 10.4 Å². The molecule has 0 aliphatic carbocycles. The maximum absolute atomic E-state index is 14.0. The van der Waals surface area contributed by atoms with Crippen molar-refractivity contribution in [1.82, 2.24) is 4.31 Å². The fraction of sp³-hybridized carbons (Fsp3) is 0.242. The lowest BCUT2D eigenvalue weighted by atomic mass is 10.2. The van der Waals surface area contributed by atoms with E-state index in [0.717, 1.165) is 17.2 Å². The molecule has 0 amide bonds. The summed E-state index contributed by atoms with van der Waals surface area (Å²) in [6.45, 7) is 9.28. The Kier molecular flexibility index (Phi) is 7.36. The summed E-state index contributed by atoms with van der Waals surface area (Å²) in [6, 6.07) is 39.0. The quantitative estimate of drug-likeness (QED) is 0.269. The van der Waals surface area contributed by atoms with Gasteiger partial charge in [0.05, 0.1) is 17.5 Å². The number of hydrogen-bond donors (Lipinski definition) is 0. The van der Waals surface area contributed by atoms with Crippen molar-refractivity contribution < 1.29 is 8.42 Å². The Morgan fingerprint density at radius 1 is 0.769 bits per heavy atom. The number of sulfonamides is 1. The Balaban J connectivity index is 1.64. The van der Waals surface area contributed by atoms with E-state index in [1.807, 2.05) is 49.4 Å². The molecule has 200 valence electrons. The van der Waals surface area contributed by atoms with E-state index in [2.05, 4.69) is 81.4 Å². The van der Waals surface area contributed by atoms with Gasteiger partial charge in [0.25, 0.3) is 10.0 Å². The Labute approximate surface area is 234 Å². The molecule has 1 aliphatic heterocycles. The third kappa shape index (κ3) is 5.11. The first kappa shape index (κ1) is 27.1. The molecule has 4 aromatic carbocycles. The zero-order chi connectivity index (χ0) is 27.7. The molecule has 0 fully saturated rings. The summed E-state index contributed by atoms with van der Waals surface area (Å²) in [4.78, 5) is 5.49. The molecule has 1 heterocycles. The molecule has 0 radical (unpaired) electrons. The topological polar surface area (TPSA) is 49.7 Å². The summed E-state index contributed by atoms with van der Waals surface area (Å²) < 4.78 is 29.6. The lowest BCUT2D eigenvalue weighted by Gasteiger charge is -2.45. The van der Waals surface area contributed by atoms with Crippen LogP contribution in [0.1, 0.15) is 31.9 Å². The SMILES string of the molecule is Cc1ccc(S(=O)(=O)N2CC(C[Si](c3ccccc3)(c3ccccc3)C(C)(C)C)N=C2c2ccccc2)cc1. The third-order valence-electron chi connectivity index (χ3n) is 7.91. The second-order valence-electron chi connectivity index (χ2n) is 11.4. The van der Waals surface area contributed by atoms with E-state index in [1.165, 1.54) is 14.7 Å². The number of hydrogen-bond acceptors (Lipinski definition) is 3. The summed E-state index contributed by atoms with van der Waals surface area (Å²) in [7, 11) is -6.24. The van der Waals surface area contributed by atoms with Crippen molar-refractivity contribution in [2.45, 2.75) is 49.7 Å². The minimum absolute atomic E-state index is 0.0403. The molecule has 1 atom stereocenters. The van der Waals surface area contributed by atoms with Crippen LogP contribution in [0.2, 0.25) is 11.1 Å². The number of benzene rings is 4. The van der Waals surface area contributed by atoms with Crippen LogP contribution >= 0.6 is 0 Å². The smallest absolute Gasteiger partial charge is 0.262 e. The first-order valence-electron chi connectivity index (χ1n) is 13.5. The summed E-state index contributed by atoms with van der Waals surface area (Å²) in [5.74, 6) is 0.527. The molecule has 1 unspecified atom stereocenters. The van der Waals surface area contributed by atoms with Crippen molar-refractivity contribution in [3.05, 3.63) is 126 Å². The van der Waals surface area contributed by atoms with Crippen LogP contribution in [0.3, 0.4) is 0 Å². The van der Waals surface area contributed by atoms with E-state index >= 15 is 0 Å². The van der Waals surface area contributed by atoms with Gasteiger partial charge in [0.2, 0.25) is 0 Å². The highest BCUT2D eigenvalue weighted by Crippen LogP contribution is 2.41. The maximum Gasteiger partial charge on any atom is 0.265 e. The molecular formula is C33H36N2O2SSi.